The van der Waals surface area contributed by atoms with Gasteiger partial charge in [-0.05, 0) is 48.5 Å². The highest BCUT2D eigenvalue weighted by atomic mass is 19.1. The number of carbonyl (C=O) groups excluding carboxylic acids is 1. The first-order valence-electron chi connectivity index (χ1n) is 8.24. The molecule has 3 rings (SSSR count). The van der Waals surface area contributed by atoms with Gasteiger partial charge in [0.05, 0.1) is 0 Å². The smallest absolute Gasteiger partial charge is 0.319 e. The van der Waals surface area contributed by atoms with E-state index >= 15 is 0 Å². The molecule has 0 aliphatic heterocycles. The van der Waals surface area contributed by atoms with Gasteiger partial charge in [-0.3, -0.25) is 4.98 Å². The molecule has 0 unspecified atom stereocenters. The van der Waals surface area contributed by atoms with Crippen LogP contribution in [0.15, 0.2) is 60.9 Å². The van der Waals surface area contributed by atoms with E-state index in [9.17, 15) is 9.18 Å². The lowest BCUT2D eigenvalue weighted by Crippen LogP contribution is -2.32. The Bertz CT molecular complexity index is 857. The highest BCUT2D eigenvalue weighted by Gasteiger charge is 2.02. The zero-order valence-electron chi connectivity index (χ0n) is 14.3. The van der Waals surface area contributed by atoms with Crippen LogP contribution < -0.4 is 21.3 Å². The van der Waals surface area contributed by atoms with Crippen molar-refractivity contribution >= 4 is 29.0 Å². The number of amides is 2. The predicted octanol–water partition coefficient (Wildman–Crippen LogP) is 2.99. The van der Waals surface area contributed by atoms with Gasteiger partial charge in [0.25, 0.3) is 0 Å². The molecule has 2 aromatic heterocycles. The molecule has 138 valence electrons. The fraction of sp³-hybridized carbons (Fsp3) is 0.111. The second kappa shape index (κ2) is 9.09. The summed E-state index contributed by atoms with van der Waals surface area (Å²) in [6.07, 6.45) is 3.37. The van der Waals surface area contributed by atoms with Crippen LogP contribution in [0, 0.1) is 5.82 Å². The molecule has 2 heterocycles. The molecule has 0 atom stereocenters. The van der Waals surface area contributed by atoms with Crippen molar-refractivity contribution in [3.8, 4) is 0 Å². The van der Waals surface area contributed by atoms with E-state index in [-0.39, 0.29) is 11.8 Å². The minimum atomic E-state index is -0.369. The molecule has 4 N–H and O–H groups in total. The van der Waals surface area contributed by atoms with Gasteiger partial charge in [-0.25, -0.2) is 9.18 Å². The Morgan fingerprint density at radius 2 is 1.56 bits per heavy atom. The van der Waals surface area contributed by atoms with Crippen molar-refractivity contribution in [2.24, 2.45) is 0 Å². The van der Waals surface area contributed by atoms with E-state index in [2.05, 4.69) is 36.4 Å². The van der Waals surface area contributed by atoms with Gasteiger partial charge >= 0.3 is 6.03 Å². The summed E-state index contributed by atoms with van der Waals surface area (Å²) in [5.74, 6) is 0.854. The molecule has 0 aliphatic carbocycles. The lowest BCUT2D eigenvalue weighted by atomic mass is 10.3. The van der Waals surface area contributed by atoms with Crippen LogP contribution in [0.5, 0.6) is 0 Å². The second-order valence-corrected chi connectivity index (χ2v) is 5.48. The van der Waals surface area contributed by atoms with Gasteiger partial charge < -0.3 is 21.3 Å². The molecular formula is C18H18FN7O. The van der Waals surface area contributed by atoms with Gasteiger partial charge in [-0.1, -0.05) is 0 Å². The molecule has 0 saturated heterocycles. The normalized spacial score (nSPS) is 10.1. The number of hydrogen-bond acceptors (Lipinski definition) is 6. The van der Waals surface area contributed by atoms with Gasteiger partial charge in [0.2, 0.25) is 0 Å². The van der Waals surface area contributed by atoms with Crippen molar-refractivity contribution in [1.82, 2.24) is 20.5 Å². The molecule has 0 radical (unpaired) electrons. The van der Waals surface area contributed by atoms with Gasteiger partial charge in [-0.2, -0.15) is 0 Å². The molecule has 0 aliphatic rings. The van der Waals surface area contributed by atoms with Gasteiger partial charge in [0.1, 0.15) is 11.6 Å². The average molecular weight is 367 g/mol. The van der Waals surface area contributed by atoms with Gasteiger partial charge in [0, 0.05) is 36.9 Å². The highest BCUT2D eigenvalue weighted by Crippen LogP contribution is 2.13. The third kappa shape index (κ3) is 5.92. The van der Waals surface area contributed by atoms with Crippen molar-refractivity contribution in [2.75, 3.05) is 29.0 Å². The summed E-state index contributed by atoms with van der Waals surface area (Å²) in [7, 11) is 0. The van der Waals surface area contributed by atoms with E-state index in [0.29, 0.717) is 30.4 Å². The Balaban J connectivity index is 1.37. The monoisotopic (exact) mass is 367 g/mol. The van der Waals surface area contributed by atoms with Gasteiger partial charge in [-0.15, -0.1) is 10.2 Å². The molecule has 2 amide bonds. The summed E-state index contributed by atoms with van der Waals surface area (Å²) in [4.78, 5) is 15.7. The van der Waals surface area contributed by atoms with E-state index in [1.54, 1.807) is 24.5 Å². The third-order valence-corrected chi connectivity index (χ3v) is 3.44. The van der Waals surface area contributed by atoms with Crippen LogP contribution in [0.4, 0.5) is 32.2 Å². The maximum atomic E-state index is 12.8. The van der Waals surface area contributed by atoms with Crippen molar-refractivity contribution < 1.29 is 9.18 Å². The standard InChI is InChI=1S/C18H18FN7O/c19-13-1-3-14(4-2-13)24-18(27)22-12-11-21-16-5-6-17(26-25-16)23-15-7-9-20-10-8-15/h1-10H,11-12H2,(H,21,25)(H,20,23,26)(H2,22,24,27). The number of halogens is 1. The number of anilines is 4. The first-order chi connectivity index (χ1) is 13.2. The van der Waals surface area contributed by atoms with Crippen molar-refractivity contribution in [2.45, 2.75) is 0 Å². The second-order valence-electron chi connectivity index (χ2n) is 5.48. The van der Waals surface area contributed by atoms with Crippen molar-refractivity contribution in [3.63, 3.8) is 0 Å². The first kappa shape index (κ1) is 18.1. The molecule has 8 nitrogen and oxygen atoms in total. The molecule has 0 bridgehead atoms. The minimum absolute atomic E-state index is 0.353. The lowest BCUT2D eigenvalue weighted by Gasteiger charge is -2.09. The van der Waals surface area contributed by atoms with Crippen LogP contribution >= 0.6 is 0 Å². The maximum Gasteiger partial charge on any atom is 0.319 e. The summed E-state index contributed by atoms with van der Waals surface area (Å²) < 4.78 is 12.8. The quantitative estimate of drug-likeness (QED) is 0.479. The molecule has 9 heteroatoms. The van der Waals surface area contributed by atoms with Crippen LogP contribution in [0.25, 0.3) is 0 Å². The topological polar surface area (TPSA) is 104 Å². The van der Waals surface area contributed by atoms with E-state index in [0.717, 1.165) is 5.69 Å². The molecule has 0 saturated carbocycles. The fourth-order valence-electron chi connectivity index (χ4n) is 2.15. The summed E-state index contributed by atoms with van der Waals surface area (Å²) >= 11 is 0. The molecule has 1 aromatic carbocycles. The number of carbonyl (C=O) groups is 1. The fourth-order valence-corrected chi connectivity index (χ4v) is 2.15. The Kier molecular flexibility index (Phi) is 6.08. The Morgan fingerprint density at radius 1 is 0.852 bits per heavy atom. The largest absolute Gasteiger partial charge is 0.367 e. The van der Waals surface area contributed by atoms with Crippen LogP contribution in [0.1, 0.15) is 0 Å². The van der Waals surface area contributed by atoms with E-state index in [1.807, 2.05) is 12.1 Å². The SMILES string of the molecule is O=C(NCCNc1ccc(Nc2ccncc2)nn1)Nc1ccc(F)cc1. The maximum absolute atomic E-state index is 12.8. The molecule has 3 aromatic rings. The van der Waals surface area contributed by atoms with E-state index in [1.165, 1.54) is 24.3 Å². The summed E-state index contributed by atoms with van der Waals surface area (Å²) in [6, 6.07) is 12.4. The van der Waals surface area contributed by atoms with E-state index < -0.39 is 0 Å². The first-order valence-corrected chi connectivity index (χ1v) is 8.24. The number of urea groups is 1. The molecule has 0 spiro atoms. The van der Waals surface area contributed by atoms with Crippen LogP contribution in [0.2, 0.25) is 0 Å². The van der Waals surface area contributed by atoms with Crippen molar-refractivity contribution in [1.29, 1.82) is 0 Å². The van der Waals surface area contributed by atoms with Crippen LogP contribution in [0.3, 0.4) is 0 Å². The zero-order chi connectivity index (χ0) is 18.9. The van der Waals surface area contributed by atoms with Crippen LogP contribution in [-0.4, -0.2) is 34.3 Å². The molecule has 0 fully saturated rings. The van der Waals surface area contributed by atoms with Crippen LogP contribution in [-0.2, 0) is 0 Å². The Morgan fingerprint density at radius 3 is 2.26 bits per heavy atom. The van der Waals surface area contributed by atoms with Gasteiger partial charge in [0.15, 0.2) is 5.82 Å². The predicted molar refractivity (Wildman–Crippen MR) is 101 cm³/mol. The Labute approximate surface area is 155 Å². The molecular weight excluding hydrogens is 349 g/mol. The third-order valence-electron chi connectivity index (χ3n) is 3.44. The summed E-state index contributed by atoms with van der Waals surface area (Å²) in [5.41, 5.74) is 1.39. The molecule has 27 heavy (non-hydrogen) atoms. The van der Waals surface area contributed by atoms with Crippen molar-refractivity contribution in [3.05, 3.63) is 66.7 Å². The number of pyridine rings is 1. The van der Waals surface area contributed by atoms with E-state index in [4.69, 9.17) is 0 Å². The summed E-state index contributed by atoms with van der Waals surface area (Å²) in [6.45, 7) is 0.856. The average Bonchev–Trinajstić information content (AvgIpc) is 2.69. The highest BCUT2D eigenvalue weighted by molar-refractivity contribution is 5.89. The summed E-state index contributed by atoms with van der Waals surface area (Å²) in [5, 5.41) is 19.6. The minimum Gasteiger partial charge on any atom is -0.367 e. The lowest BCUT2D eigenvalue weighted by molar-refractivity contribution is 0.252. The zero-order valence-corrected chi connectivity index (χ0v) is 14.3. The number of rotatable bonds is 7. The Hall–Kier alpha value is -3.75. The number of nitrogens with one attached hydrogen (secondary N) is 4. The number of benzene rings is 1. The number of aromatic nitrogens is 3. The number of hydrogen-bond donors (Lipinski definition) is 4. The number of nitrogens with zero attached hydrogens (tertiary/aromatic N) is 3.